The molecule has 4 aromatic heterocycles. The molecule has 13 aromatic rings. The average molecular weight is 806 g/mol. The van der Waals surface area contributed by atoms with Gasteiger partial charge in [0.2, 0.25) is 0 Å². The molecule has 0 aliphatic heterocycles. The highest BCUT2D eigenvalue weighted by Crippen LogP contribution is 2.43. The van der Waals surface area contributed by atoms with Crippen molar-refractivity contribution in [2.75, 3.05) is 0 Å². The fraction of sp³-hybridized carbons (Fsp3) is 0. The Bertz CT molecular complexity index is 3810. The molecule has 0 saturated heterocycles. The van der Waals surface area contributed by atoms with Crippen molar-refractivity contribution in [3.8, 4) is 56.7 Å². The first-order valence-electron chi connectivity index (χ1n) is 21.2. The van der Waals surface area contributed by atoms with Crippen LogP contribution in [-0.2, 0) is 0 Å². The SMILES string of the molecule is c1ccc(-c2nc(-c3ccc(-c4c(-n5c6ccccc6c6ccccc65)ccc5c4oc4ccccc45)cc3)nc(-c3cccc(-n4c5ccccc5c5ccccc54)c3)n2)cc1. The van der Waals surface area contributed by atoms with Crippen LogP contribution in [0.1, 0.15) is 0 Å². The summed E-state index contributed by atoms with van der Waals surface area (Å²) in [7, 11) is 0. The van der Waals surface area contributed by atoms with Gasteiger partial charge in [-0.1, -0.05) is 158 Å². The molecule has 0 aliphatic rings. The predicted molar refractivity (Wildman–Crippen MR) is 258 cm³/mol. The lowest BCUT2D eigenvalue weighted by molar-refractivity contribution is 0.670. The lowest BCUT2D eigenvalue weighted by Gasteiger charge is -2.15. The minimum atomic E-state index is 0.595. The molecule has 0 saturated carbocycles. The van der Waals surface area contributed by atoms with E-state index in [1.165, 1.54) is 21.5 Å². The maximum Gasteiger partial charge on any atom is 0.164 e. The second kappa shape index (κ2) is 14.0. The van der Waals surface area contributed by atoms with Gasteiger partial charge >= 0.3 is 0 Å². The molecule has 294 valence electrons. The highest BCUT2D eigenvalue weighted by Gasteiger charge is 2.22. The van der Waals surface area contributed by atoms with E-state index >= 15 is 0 Å². The molecule has 9 aromatic carbocycles. The molecule has 0 amide bonds. The molecule has 0 fully saturated rings. The van der Waals surface area contributed by atoms with Gasteiger partial charge in [-0.3, -0.25) is 0 Å². The number of benzene rings is 9. The third kappa shape index (κ3) is 5.55. The Morgan fingerprint density at radius 3 is 1.38 bits per heavy atom. The fourth-order valence-electron chi connectivity index (χ4n) is 9.55. The number of hydrogen-bond donors (Lipinski definition) is 0. The van der Waals surface area contributed by atoms with Crippen molar-refractivity contribution in [1.82, 2.24) is 24.1 Å². The molecule has 4 heterocycles. The maximum absolute atomic E-state index is 6.78. The quantitative estimate of drug-likeness (QED) is 0.168. The fourth-order valence-corrected chi connectivity index (χ4v) is 9.55. The van der Waals surface area contributed by atoms with Crippen LogP contribution >= 0.6 is 0 Å². The van der Waals surface area contributed by atoms with Gasteiger partial charge in [0.1, 0.15) is 11.2 Å². The van der Waals surface area contributed by atoms with E-state index in [2.05, 4.69) is 179 Å². The minimum absolute atomic E-state index is 0.595. The van der Waals surface area contributed by atoms with Crippen molar-refractivity contribution in [3.05, 3.63) is 212 Å². The summed E-state index contributed by atoms with van der Waals surface area (Å²) < 4.78 is 11.5. The largest absolute Gasteiger partial charge is 0.455 e. The van der Waals surface area contributed by atoms with Crippen LogP contribution in [-0.4, -0.2) is 24.1 Å². The molecular weight excluding hydrogens is 771 g/mol. The average Bonchev–Trinajstić information content (AvgIpc) is 4.02. The predicted octanol–water partition coefficient (Wildman–Crippen LogP) is 14.6. The van der Waals surface area contributed by atoms with Gasteiger partial charge in [0, 0.05) is 60.3 Å². The Morgan fingerprint density at radius 2 is 0.778 bits per heavy atom. The zero-order chi connectivity index (χ0) is 41.4. The van der Waals surface area contributed by atoms with Crippen molar-refractivity contribution < 1.29 is 4.42 Å². The Kier molecular flexibility index (Phi) is 7.80. The van der Waals surface area contributed by atoms with E-state index in [9.17, 15) is 0 Å². The second-order valence-electron chi connectivity index (χ2n) is 16.0. The summed E-state index contributed by atoms with van der Waals surface area (Å²) in [6.45, 7) is 0. The van der Waals surface area contributed by atoms with Crippen LogP contribution in [0.4, 0.5) is 0 Å². The lowest BCUT2D eigenvalue weighted by Crippen LogP contribution is -2.01. The smallest absolute Gasteiger partial charge is 0.164 e. The zero-order valence-corrected chi connectivity index (χ0v) is 33.9. The van der Waals surface area contributed by atoms with Gasteiger partial charge < -0.3 is 13.6 Å². The molecule has 6 nitrogen and oxygen atoms in total. The molecule has 0 bridgehead atoms. The third-order valence-corrected chi connectivity index (χ3v) is 12.4. The van der Waals surface area contributed by atoms with Gasteiger partial charge in [0.15, 0.2) is 17.5 Å². The standard InChI is InChI=1S/C57H35N5O/c1-2-15-37(16-3-1)55-58-56(60-57(59-55)39-17-14-18-40(35-39)61-47-24-9-4-19-41(47)42-20-5-10-25-48(42)61)38-31-29-36(30-32-38)53-51(34-33-46-45-23-8-13-28-52(45)63-54(46)53)62-49-26-11-6-21-43(49)44-22-7-12-27-50(44)62/h1-35H. The van der Waals surface area contributed by atoms with E-state index < -0.39 is 0 Å². The minimum Gasteiger partial charge on any atom is -0.455 e. The number of nitrogens with zero attached hydrogens (tertiary/aromatic N) is 5. The summed E-state index contributed by atoms with van der Waals surface area (Å²) in [5.41, 5.74) is 13.1. The van der Waals surface area contributed by atoms with E-state index in [0.29, 0.717) is 17.5 Å². The van der Waals surface area contributed by atoms with Crippen molar-refractivity contribution in [1.29, 1.82) is 0 Å². The van der Waals surface area contributed by atoms with Crippen LogP contribution in [0.25, 0.3) is 122 Å². The van der Waals surface area contributed by atoms with Crippen molar-refractivity contribution >= 4 is 65.6 Å². The molecule has 13 rings (SSSR count). The van der Waals surface area contributed by atoms with Crippen LogP contribution < -0.4 is 0 Å². The molecule has 0 N–H and O–H groups in total. The Balaban J connectivity index is 0.982. The van der Waals surface area contributed by atoms with E-state index in [4.69, 9.17) is 19.4 Å². The highest BCUT2D eigenvalue weighted by atomic mass is 16.3. The summed E-state index contributed by atoms with van der Waals surface area (Å²) >= 11 is 0. The Hall–Kier alpha value is -8.61. The van der Waals surface area contributed by atoms with Gasteiger partial charge in [0.25, 0.3) is 0 Å². The number of rotatable bonds is 6. The number of fused-ring (bicyclic) bond motifs is 9. The summed E-state index contributed by atoms with van der Waals surface area (Å²) in [6.07, 6.45) is 0. The molecule has 63 heavy (non-hydrogen) atoms. The van der Waals surface area contributed by atoms with E-state index in [1.54, 1.807) is 0 Å². The van der Waals surface area contributed by atoms with Crippen LogP contribution in [0.3, 0.4) is 0 Å². The number of hydrogen-bond acceptors (Lipinski definition) is 4. The molecular formula is C57H35N5O. The monoisotopic (exact) mass is 805 g/mol. The van der Waals surface area contributed by atoms with E-state index in [0.717, 1.165) is 83.2 Å². The number of aromatic nitrogens is 5. The molecule has 0 radical (unpaired) electrons. The first kappa shape index (κ1) is 35.2. The molecule has 0 spiro atoms. The number of furan rings is 1. The van der Waals surface area contributed by atoms with E-state index in [-0.39, 0.29) is 0 Å². The van der Waals surface area contributed by atoms with Gasteiger partial charge in [-0.15, -0.1) is 0 Å². The molecule has 6 heteroatoms. The van der Waals surface area contributed by atoms with E-state index in [1.807, 2.05) is 42.5 Å². The normalized spacial score (nSPS) is 11.8. The first-order valence-corrected chi connectivity index (χ1v) is 21.2. The molecule has 0 atom stereocenters. The topological polar surface area (TPSA) is 61.7 Å². The summed E-state index contributed by atoms with van der Waals surface area (Å²) in [6, 6.07) is 74.3. The van der Waals surface area contributed by atoms with Crippen LogP contribution in [0.15, 0.2) is 217 Å². The van der Waals surface area contributed by atoms with Crippen molar-refractivity contribution in [3.63, 3.8) is 0 Å². The van der Waals surface area contributed by atoms with Gasteiger partial charge in [-0.05, 0) is 60.2 Å². The van der Waals surface area contributed by atoms with Crippen LogP contribution in [0, 0.1) is 0 Å². The molecule has 0 aliphatic carbocycles. The highest BCUT2D eigenvalue weighted by molar-refractivity contribution is 6.14. The summed E-state index contributed by atoms with van der Waals surface area (Å²) in [5.74, 6) is 1.81. The summed E-state index contributed by atoms with van der Waals surface area (Å²) in [5, 5.41) is 7.02. The van der Waals surface area contributed by atoms with Crippen molar-refractivity contribution in [2.45, 2.75) is 0 Å². The Morgan fingerprint density at radius 1 is 0.317 bits per heavy atom. The maximum atomic E-state index is 6.78. The zero-order valence-electron chi connectivity index (χ0n) is 33.9. The van der Waals surface area contributed by atoms with Gasteiger partial charge in [-0.25, -0.2) is 15.0 Å². The van der Waals surface area contributed by atoms with Crippen molar-refractivity contribution in [2.24, 2.45) is 0 Å². The summed E-state index contributed by atoms with van der Waals surface area (Å²) in [4.78, 5) is 15.4. The van der Waals surface area contributed by atoms with Crippen LogP contribution in [0.2, 0.25) is 0 Å². The number of para-hydroxylation sites is 5. The lowest BCUT2D eigenvalue weighted by atomic mass is 9.98. The third-order valence-electron chi connectivity index (χ3n) is 12.4. The first-order chi connectivity index (χ1) is 31.2. The van der Waals surface area contributed by atoms with Gasteiger partial charge in [-0.2, -0.15) is 0 Å². The van der Waals surface area contributed by atoms with Gasteiger partial charge in [0.05, 0.1) is 27.8 Å². The second-order valence-corrected chi connectivity index (χ2v) is 16.0. The van der Waals surface area contributed by atoms with Crippen LogP contribution in [0.5, 0.6) is 0 Å². The Labute approximate surface area is 361 Å². The molecule has 0 unspecified atom stereocenters.